The number of halogens is 2. The van der Waals surface area contributed by atoms with Gasteiger partial charge in [-0.25, -0.2) is 12.8 Å². The van der Waals surface area contributed by atoms with E-state index < -0.39 is 40.2 Å². The fourth-order valence-electron chi connectivity index (χ4n) is 4.64. The number of anilines is 1. The van der Waals surface area contributed by atoms with Gasteiger partial charge in [0.25, 0.3) is 10.0 Å². The highest BCUT2D eigenvalue weighted by molar-refractivity contribution is 7.92. The van der Waals surface area contributed by atoms with Gasteiger partial charge in [-0.1, -0.05) is 54.1 Å². The lowest BCUT2D eigenvalue weighted by Gasteiger charge is -2.33. The molecule has 0 aliphatic heterocycles. The molecule has 0 radical (unpaired) electrons. The minimum Gasteiger partial charge on any atom is -0.494 e. The molecule has 0 spiro atoms. The van der Waals surface area contributed by atoms with Crippen molar-refractivity contribution in [1.82, 2.24) is 10.2 Å². The maximum atomic E-state index is 14.3. The van der Waals surface area contributed by atoms with Crippen molar-refractivity contribution in [2.75, 3.05) is 24.5 Å². The summed E-state index contributed by atoms with van der Waals surface area (Å²) in [7, 11) is -2.85. The van der Waals surface area contributed by atoms with Crippen molar-refractivity contribution >= 4 is 39.1 Å². The van der Waals surface area contributed by atoms with E-state index in [1.165, 1.54) is 48.3 Å². The molecule has 0 saturated carbocycles. The number of likely N-dealkylation sites (N-methyl/N-ethyl adjacent to an activating group) is 1. The van der Waals surface area contributed by atoms with Gasteiger partial charge in [-0.15, -0.1) is 0 Å². The smallest absolute Gasteiger partial charge is 0.264 e. The van der Waals surface area contributed by atoms with Gasteiger partial charge in [0, 0.05) is 25.0 Å². The predicted molar refractivity (Wildman–Crippen MR) is 169 cm³/mol. The molecule has 0 saturated heterocycles. The number of carbonyl (C=O) groups excluding carboxylic acids is 2. The zero-order valence-corrected chi connectivity index (χ0v) is 25.9. The molecule has 4 rings (SSSR count). The fraction of sp³-hybridized carbons (Fsp3) is 0.212. The Bertz CT molecular complexity index is 1650. The number of hydrogen-bond donors (Lipinski definition) is 1. The minimum absolute atomic E-state index is 0.00127. The summed E-state index contributed by atoms with van der Waals surface area (Å²) in [6.45, 7) is 1.56. The first kappa shape index (κ1) is 32.5. The molecule has 4 aromatic rings. The number of sulfonamides is 1. The second-order valence-electron chi connectivity index (χ2n) is 9.86. The van der Waals surface area contributed by atoms with Crippen molar-refractivity contribution in [2.45, 2.75) is 30.8 Å². The van der Waals surface area contributed by atoms with Crippen LogP contribution in [0.2, 0.25) is 5.02 Å². The van der Waals surface area contributed by atoms with Crippen LogP contribution >= 0.6 is 11.6 Å². The largest absolute Gasteiger partial charge is 0.494 e. The molecule has 0 heterocycles. The molecule has 0 aliphatic rings. The molecule has 0 aliphatic carbocycles. The number of nitrogens with one attached hydrogen (secondary N) is 1. The van der Waals surface area contributed by atoms with Crippen molar-refractivity contribution in [2.24, 2.45) is 0 Å². The number of benzene rings is 4. The second-order valence-corrected chi connectivity index (χ2v) is 12.2. The lowest BCUT2D eigenvalue weighted by atomic mass is 10.0. The summed E-state index contributed by atoms with van der Waals surface area (Å²) in [6, 6.07) is 25.7. The molecule has 1 N–H and O–H groups in total. The monoisotopic (exact) mass is 637 g/mol. The average molecular weight is 638 g/mol. The molecule has 11 heteroatoms. The fourth-order valence-corrected chi connectivity index (χ4v) is 6.19. The second kappa shape index (κ2) is 14.9. The maximum Gasteiger partial charge on any atom is 0.264 e. The van der Waals surface area contributed by atoms with Gasteiger partial charge in [-0.3, -0.25) is 13.9 Å². The third kappa shape index (κ3) is 8.15. The Morgan fingerprint density at radius 1 is 0.886 bits per heavy atom. The van der Waals surface area contributed by atoms with Gasteiger partial charge in [0.15, 0.2) is 0 Å². The lowest BCUT2D eigenvalue weighted by molar-refractivity contribution is -0.139. The van der Waals surface area contributed by atoms with Crippen LogP contribution in [-0.2, 0) is 32.6 Å². The third-order valence-electron chi connectivity index (χ3n) is 6.90. The molecule has 4 aromatic carbocycles. The van der Waals surface area contributed by atoms with Gasteiger partial charge in [0.2, 0.25) is 11.8 Å². The summed E-state index contributed by atoms with van der Waals surface area (Å²) >= 11 is 6.08. The topological polar surface area (TPSA) is 96.0 Å². The Hall–Kier alpha value is -4.41. The van der Waals surface area contributed by atoms with E-state index in [9.17, 15) is 22.4 Å². The summed E-state index contributed by atoms with van der Waals surface area (Å²) < 4.78 is 48.3. The van der Waals surface area contributed by atoms with Crippen molar-refractivity contribution in [1.29, 1.82) is 0 Å². The zero-order valence-electron chi connectivity index (χ0n) is 24.3. The number of ether oxygens (including phenoxy) is 1. The van der Waals surface area contributed by atoms with E-state index in [2.05, 4.69) is 5.32 Å². The van der Waals surface area contributed by atoms with Crippen LogP contribution in [0.3, 0.4) is 0 Å². The lowest BCUT2D eigenvalue weighted by Crippen LogP contribution is -2.53. The van der Waals surface area contributed by atoms with Crippen LogP contribution < -0.4 is 14.4 Å². The van der Waals surface area contributed by atoms with Crippen LogP contribution in [-0.4, -0.2) is 51.4 Å². The molecule has 2 amide bonds. The van der Waals surface area contributed by atoms with E-state index in [1.807, 2.05) is 37.3 Å². The first-order valence-corrected chi connectivity index (χ1v) is 15.7. The van der Waals surface area contributed by atoms with Crippen LogP contribution in [0.1, 0.15) is 18.1 Å². The summed E-state index contributed by atoms with van der Waals surface area (Å²) in [5.74, 6) is -1.13. The van der Waals surface area contributed by atoms with E-state index in [0.29, 0.717) is 22.9 Å². The van der Waals surface area contributed by atoms with Crippen molar-refractivity contribution in [3.05, 3.63) is 125 Å². The SMILES string of the molecule is CCOc1ccc(S(=O)(=O)N(CC(=O)N(Cc2ccc(Cl)cc2)[C@H](Cc2ccccc2)C(=O)NC)c2ccc(F)cc2)cc1. The Labute approximate surface area is 262 Å². The Kier molecular flexibility index (Phi) is 11.0. The molecule has 0 aromatic heterocycles. The van der Waals surface area contributed by atoms with Crippen molar-refractivity contribution < 1.29 is 27.1 Å². The van der Waals surface area contributed by atoms with Gasteiger partial charge in [-0.2, -0.15) is 0 Å². The van der Waals surface area contributed by atoms with E-state index in [4.69, 9.17) is 16.3 Å². The summed E-state index contributed by atoms with van der Waals surface area (Å²) in [5, 5.41) is 3.14. The van der Waals surface area contributed by atoms with Crippen LogP contribution in [0.15, 0.2) is 108 Å². The standard InChI is InChI=1S/C33H33ClFN3O5S/c1-3-43-29-17-19-30(20-18-29)44(41,42)38(28-15-13-27(35)14-16-28)23-32(39)37(22-25-9-11-26(34)12-10-25)31(33(40)36-2)21-24-7-5-4-6-8-24/h4-20,31H,3,21-23H2,1-2H3,(H,36,40)/t31-/m1/s1. The molecule has 0 fully saturated rings. The molecule has 8 nitrogen and oxygen atoms in total. The Morgan fingerprint density at radius 3 is 2.11 bits per heavy atom. The van der Waals surface area contributed by atoms with E-state index >= 15 is 0 Å². The normalized spacial score (nSPS) is 11.8. The minimum atomic E-state index is -4.33. The van der Waals surface area contributed by atoms with Gasteiger partial charge in [0.05, 0.1) is 17.2 Å². The first-order valence-electron chi connectivity index (χ1n) is 13.9. The number of amides is 2. The summed E-state index contributed by atoms with van der Waals surface area (Å²) in [5.41, 5.74) is 1.58. The first-order chi connectivity index (χ1) is 21.1. The third-order valence-corrected chi connectivity index (χ3v) is 8.94. The number of nitrogens with zero attached hydrogens (tertiary/aromatic N) is 2. The van der Waals surface area contributed by atoms with E-state index in [0.717, 1.165) is 22.0 Å². The molecular weight excluding hydrogens is 605 g/mol. The number of carbonyl (C=O) groups is 2. The highest BCUT2D eigenvalue weighted by Gasteiger charge is 2.34. The zero-order chi connectivity index (χ0) is 31.7. The van der Waals surface area contributed by atoms with Gasteiger partial charge in [-0.05, 0) is 78.7 Å². The number of hydrogen-bond acceptors (Lipinski definition) is 5. The molecule has 1 atom stereocenters. The molecule has 0 unspecified atom stereocenters. The molecule has 230 valence electrons. The summed E-state index contributed by atoms with van der Waals surface area (Å²) in [4.78, 5) is 28.8. The quantitative estimate of drug-likeness (QED) is 0.210. The van der Waals surface area contributed by atoms with Crippen LogP contribution in [0.25, 0.3) is 0 Å². The molecule has 0 bridgehead atoms. The Morgan fingerprint density at radius 2 is 1.52 bits per heavy atom. The predicted octanol–water partition coefficient (Wildman–Crippen LogP) is 5.46. The molecular formula is C33H33ClFN3O5S. The van der Waals surface area contributed by atoms with Crippen molar-refractivity contribution in [3.8, 4) is 5.75 Å². The van der Waals surface area contributed by atoms with E-state index in [-0.39, 0.29) is 23.5 Å². The number of rotatable bonds is 13. The summed E-state index contributed by atoms with van der Waals surface area (Å²) in [6.07, 6.45) is 0.183. The van der Waals surface area contributed by atoms with Crippen LogP contribution in [0.4, 0.5) is 10.1 Å². The van der Waals surface area contributed by atoms with Crippen molar-refractivity contribution in [3.63, 3.8) is 0 Å². The van der Waals surface area contributed by atoms with Gasteiger partial charge >= 0.3 is 0 Å². The van der Waals surface area contributed by atoms with Gasteiger partial charge in [0.1, 0.15) is 24.2 Å². The average Bonchev–Trinajstić information content (AvgIpc) is 3.03. The van der Waals surface area contributed by atoms with E-state index in [1.54, 1.807) is 24.3 Å². The highest BCUT2D eigenvalue weighted by Crippen LogP contribution is 2.27. The van der Waals surface area contributed by atoms with Gasteiger partial charge < -0.3 is 15.0 Å². The maximum absolute atomic E-state index is 14.3. The molecule has 44 heavy (non-hydrogen) atoms. The Balaban J connectivity index is 1.76. The van der Waals surface area contributed by atoms with Crippen LogP contribution in [0.5, 0.6) is 5.75 Å². The van der Waals surface area contributed by atoms with Crippen LogP contribution in [0, 0.1) is 5.82 Å². The highest BCUT2D eigenvalue weighted by atomic mass is 35.5.